The largest absolute Gasteiger partial charge is 0.477 e. The van der Waals surface area contributed by atoms with Crippen LogP contribution in [0.3, 0.4) is 0 Å². The van der Waals surface area contributed by atoms with Gasteiger partial charge in [0, 0.05) is 11.5 Å². The van der Waals surface area contributed by atoms with Crippen molar-refractivity contribution in [2.75, 3.05) is 11.5 Å². The number of carbonyl (C=O) groups is 3. The smallest absolute Gasteiger partial charge is 0.352 e. The fourth-order valence-electron chi connectivity index (χ4n) is 3.51. The van der Waals surface area contributed by atoms with E-state index in [1.165, 1.54) is 11.8 Å². The summed E-state index contributed by atoms with van der Waals surface area (Å²) in [7, 11) is -4.34. The van der Waals surface area contributed by atoms with Gasteiger partial charge in [-0.25, -0.2) is 4.79 Å². The molecule has 2 aliphatic heterocycles. The molecule has 1 aromatic heterocycles. The number of benzene rings is 1. The van der Waals surface area contributed by atoms with E-state index in [-0.39, 0.29) is 28.3 Å². The molecule has 0 bridgehead atoms. The molecule has 5 N–H and O–H groups in total. The molecule has 1 fully saturated rings. The SMILES string of the molecule is N[C@@H](C(=O)NC1C(=O)N2C(C(=O)O)=C(CSc3nnc(CS(=O)(=O)O)o3)CS[C@H]12)c1ccccc1. The molecule has 3 heterocycles. The highest BCUT2D eigenvalue weighted by molar-refractivity contribution is 8.01. The zero-order chi connectivity index (χ0) is 25.3. The maximum atomic E-state index is 12.8. The number of hydrogen-bond donors (Lipinski definition) is 4. The summed E-state index contributed by atoms with van der Waals surface area (Å²) in [6, 6.07) is 6.76. The number of hydrogen-bond acceptors (Lipinski definition) is 11. The number of nitrogens with one attached hydrogen (secondary N) is 1. The minimum Gasteiger partial charge on any atom is -0.477 e. The number of nitrogens with zero attached hydrogens (tertiary/aromatic N) is 3. The normalized spacial score (nSPS) is 20.7. The molecule has 0 aliphatic carbocycles. The second kappa shape index (κ2) is 9.98. The van der Waals surface area contributed by atoms with E-state index in [0.717, 1.165) is 16.7 Å². The lowest BCUT2D eigenvalue weighted by Crippen LogP contribution is -2.71. The van der Waals surface area contributed by atoms with E-state index in [1.54, 1.807) is 30.3 Å². The molecule has 0 radical (unpaired) electrons. The van der Waals surface area contributed by atoms with Crippen LogP contribution in [0.2, 0.25) is 0 Å². The van der Waals surface area contributed by atoms with Gasteiger partial charge < -0.3 is 20.6 Å². The first-order valence-corrected chi connectivity index (χ1v) is 13.6. The Bertz CT molecular complexity index is 1300. The van der Waals surface area contributed by atoms with Gasteiger partial charge in [-0.3, -0.25) is 19.0 Å². The van der Waals surface area contributed by atoms with E-state index in [1.807, 2.05) is 0 Å². The molecule has 3 atom stereocenters. The van der Waals surface area contributed by atoms with E-state index < -0.39 is 51.1 Å². The second-order valence-corrected chi connectivity index (χ2v) is 11.0. The van der Waals surface area contributed by atoms with Crippen LogP contribution in [0.5, 0.6) is 0 Å². The van der Waals surface area contributed by atoms with Gasteiger partial charge in [-0.2, -0.15) is 8.42 Å². The van der Waals surface area contributed by atoms with E-state index in [9.17, 15) is 27.9 Å². The van der Waals surface area contributed by atoms with E-state index in [0.29, 0.717) is 11.1 Å². The molecular weight excluding hydrogens is 522 g/mol. The van der Waals surface area contributed by atoms with Crippen LogP contribution >= 0.6 is 23.5 Å². The van der Waals surface area contributed by atoms with Gasteiger partial charge in [0.15, 0.2) is 5.75 Å². The van der Waals surface area contributed by atoms with Crippen LogP contribution in [-0.2, 0) is 30.3 Å². The van der Waals surface area contributed by atoms with Gasteiger partial charge in [0.1, 0.15) is 23.2 Å². The Morgan fingerprint density at radius 3 is 2.69 bits per heavy atom. The van der Waals surface area contributed by atoms with Crippen molar-refractivity contribution in [1.82, 2.24) is 20.4 Å². The van der Waals surface area contributed by atoms with Crippen molar-refractivity contribution < 1.29 is 36.9 Å². The van der Waals surface area contributed by atoms with Crippen LogP contribution in [-0.4, -0.2) is 73.9 Å². The Morgan fingerprint density at radius 2 is 2.03 bits per heavy atom. The molecule has 2 aromatic rings. The molecule has 16 heteroatoms. The number of rotatable bonds is 9. The fourth-order valence-corrected chi connectivity index (χ4v) is 6.20. The monoisotopic (exact) mass is 541 g/mol. The van der Waals surface area contributed by atoms with Crippen molar-refractivity contribution in [2.24, 2.45) is 5.73 Å². The van der Waals surface area contributed by atoms with Crippen molar-refractivity contribution in [3.63, 3.8) is 0 Å². The highest BCUT2D eigenvalue weighted by Crippen LogP contribution is 2.41. The van der Waals surface area contributed by atoms with Gasteiger partial charge in [-0.05, 0) is 11.1 Å². The van der Waals surface area contributed by atoms with Crippen molar-refractivity contribution in [1.29, 1.82) is 0 Å². The Hall–Kier alpha value is -2.92. The van der Waals surface area contributed by atoms with Crippen molar-refractivity contribution in [3.05, 3.63) is 53.1 Å². The zero-order valence-corrected chi connectivity index (χ0v) is 20.2. The zero-order valence-electron chi connectivity index (χ0n) is 17.7. The minimum atomic E-state index is -4.34. The summed E-state index contributed by atoms with van der Waals surface area (Å²) < 4.78 is 35.8. The van der Waals surface area contributed by atoms with Crippen molar-refractivity contribution in [2.45, 2.75) is 28.4 Å². The van der Waals surface area contributed by atoms with Crippen LogP contribution in [0.4, 0.5) is 0 Å². The maximum absolute atomic E-state index is 12.8. The second-order valence-electron chi connectivity index (χ2n) is 7.52. The number of amides is 2. The standard InChI is InChI=1S/C19H19N5O8S3/c20-12(9-4-2-1-3-5-9)15(25)21-13-16(26)24-14(18(27)28)10(6-33-17(13)24)7-34-19-23-22-11(32-19)8-35(29,30)31/h1-5,12-13,17H,6-8,20H2,(H,21,25)(H,27,28)(H,29,30,31)/t12-,13?,17-/m1/s1. The average Bonchev–Trinajstić information content (AvgIpc) is 3.25. The van der Waals surface area contributed by atoms with Crippen molar-refractivity contribution >= 4 is 51.4 Å². The lowest BCUT2D eigenvalue weighted by atomic mass is 10.0. The van der Waals surface area contributed by atoms with E-state index >= 15 is 0 Å². The third kappa shape index (κ3) is 5.51. The Kier molecular flexibility index (Phi) is 7.18. The molecule has 4 rings (SSSR count). The van der Waals surface area contributed by atoms with Gasteiger partial charge in [0.05, 0.1) is 0 Å². The number of carbonyl (C=O) groups excluding carboxylic acids is 2. The molecule has 2 aliphatic rings. The number of aliphatic carboxylic acids is 1. The van der Waals surface area contributed by atoms with Gasteiger partial charge in [0.2, 0.25) is 11.8 Å². The molecule has 186 valence electrons. The number of carboxylic acid groups (broad SMARTS) is 1. The molecule has 1 unspecified atom stereocenters. The fraction of sp³-hybridized carbons (Fsp3) is 0.316. The lowest BCUT2D eigenvalue weighted by molar-refractivity contribution is -0.150. The molecule has 2 amide bonds. The number of β-lactam (4-membered cyclic amide) rings is 1. The third-order valence-electron chi connectivity index (χ3n) is 5.11. The van der Waals surface area contributed by atoms with E-state index in [4.69, 9.17) is 14.7 Å². The van der Waals surface area contributed by atoms with Crippen molar-refractivity contribution in [3.8, 4) is 0 Å². The first-order chi connectivity index (χ1) is 16.5. The van der Waals surface area contributed by atoms with Gasteiger partial charge in [-0.15, -0.1) is 22.0 Å². The summed E-state index contributed by atoms with van der Waals surface area (Å²) in [4.78, 5) is 38.5. The molecular formula is C19H19N5O8S3. The topological polar surface area (TPSA) is 206 Å². The number of thioether (sulfide) groups is 2. The molecule has 1 saturated heterocycles. The van der Waals surface area contributed by atoms with Crippen LogP contribution < -0.4 is 11.1 Å². The molecule has 35 heavy (non-hydrogen) atoms. The Labute approximate surface area is 207 Å². The molecule has 1 aromatic carbocycles. The summed E-state index contributed by atoms with van der Waals surface area (Å²) in [5.41, 5.74) is 6.79. The van der Waals surface area contributed by atoms with E-state index in [2.05, 4.69) is 15.5 Å². The highest BCUT2D eigenvalue weighted by Gasteiger charge is 2.54. The van der Waals surface area contributed by atoms with Gasteiger partial charge >= 0.3 is 5.97 Å². The lowest BCUT2D eigenvalue weighted by Gasteiger charge is -2.49. The number of nitrogens with two attached hydrogens (primary N) is 1. The summed E-state index contributed by atoms with van der Waals surface area (Å²) >= 11 is 2.25. The van der Waals surface area contributed by atoms with Crippen LogP contribution in [0.1, 0.15) is 17.5 Å². The first kappa shape index (κ1) is 25.2. The molecule has 0 saturated carbocycles. The van der Waals surface area contributed by atoms with Crippen LogP contribution in [0.15, 0.2) is 51.2 Å². The summed E-state index contributed by atoms with van der Waals surface area (Å²) in [5, 5.41) is 18.9. The minimum absolute atomic E-state index is 0.0250. The highest BCUT2D eigenvalue weighted by atomic mass is 32.2. The number of aromatic nitrogens is 2. The third-order valence-corrected chi connectivity index (χ3v) is 7.97. The Morgan fingerprint density at radius 1 is 1.31 bits per heavy atom. The number of carboxylic acids is 1. The van der Waals surface area contributed by atoms with Crippen LogP contribution in [0.25, 0.3) is 0 Å². The predicted octanol–water partition coefficient (Wildman–Crippen LogP) is -0.0119. The predicted molar refractivity (Wildman–Crippen MR) is 123 cm³/mol. The summed E-state index contributed by atoms with van der Waals surface area (Å²) in [6.45, 7) is 0. The quantitative estimate of drug-likeness (QED) is 0.187. The number of fused-ring (bicyclic) bond motifs is 1. The summed E-state index contributed by atoms with van der Waals surface area (Å²) in [5.74, 6) is -3.24. The van der Waals surface area contributed by atoms with Gasteiger partial charge in [-0.1, -0.05) is 42.1 Å². The molecule has 0 spiro atoms. The average molecular weight is 542 g/mol. The maximum Gasteiger partial charge on any atom is 0.352 e. The Balaban J connectivity index is 1.43. The summed E-state index contributed by atoms with van der Waals surface area (Å²) in [6.07, 6.45) is 0. The van der Waals surface area contributed by atoms with Gasteiger partial charge in [0.25, 0.3) is 21.2 Å². The first-order valence-electron chi connectivity index (χ1n) is 9.96. The molecule has 13 nitrogen and oxygen atoms in total. The van der Waals surface area contributed by atoms with Crippen LogP contribution in [0, 0.1) is 0 Å².